The molecule has 0 fully saturated rings. The third-order valence-corrected chi connectivity index (χ3v) is 7.09. The van der Waals surface area contributed by atoms with Gasteiger partial charge in [0.2, 0.25) is 5.91 Å². The quantitative estimate of drug-likeness (QED) is 0.294. The molecule has 0 saturated carbocycles. The second-order valence-corrected chi connectivity index (χ2v) is 10.1. The van der Waals surface area contributed by atoms with Crippen LogP contribution < -0.4 is 15.1 Å². The van der Waals surface area contributed by atoms with Crippen molar-refractivity contribution >= 4 is 40.6 Å². The van der Waals surface area contributed by atoms with Gasteiger partial charge in [0.05, 0.1) is 11.3 Å². The minimum absolute atomic E-state index is 0.0202. The number of carbonyl (C=O) groups excluding carboxylic acids is 4. The average molecular weight is 565 g/mol. The molecule has 0 spiro atoms. The molecule has 212 valence electrons. The van der Waals surface area contributed by atoms with Crippen LogP contribution in [-0.2, 0) is 20.9 Å². The monoisotopic (exact) mass is 564 g/mol. The second kappa shape index (κ2) is 12.1. The number of benzene rings is 4. The van der Waals surface area contributed by atoms with Gasteiger partial charge < -0.3 is 15.1 Å². The predicted molar refractivity (Wildman–Crippen MR) is 159 cm³/mol. The molecule has 1 unspecified atom stereocenters. The molecule has 0 aromatic heterocycles. The van der Waals surface area contributed by atoms with Gasteiger partial charge in [0.1, 0.15) is 18.4 Å². The van der Waals surface area contributed by atoms with E-state index in [9.17, 15) is 23.6 Å². The maximum Gasteiger partial charge on any atom is 0.299 e. The molecule has 8 nitrogen and oxygen atoms in total. The lowest BCUT2D eigenvalue weighted by molar-refractivity contribution is -0.139. The first-order chi connectivity index (χ1) is 20.2. The number of hydrogen-bond acceptors (Lipinski definition) is 5. The van der Waals surface area contributed by atoms with Crippen LogP contribution >= 0.6 is 0 Å². The molecule has 4 aromatic rings. The van der Waals surface area contributed by atoms with E-state index < -0.39 is 41.9 Å². The molecule has 3 amide bonds. The Morgan fingerprint density at radius 1 is 0.833 bits per heavy atom. The zero-order chi connectivity index (χ0) is 29.8. The minimum Gasteiger partial charge on any atom is -0.378 e. The third-order valence-electron chi connectivity index (χ3n) is 7.09. The molecule has 0 saturated heterocycles. The largest absolute Gasteiger partial charge is 0.378 e. The number of carbonyl (C=O) groups is 4. The van der Waals surface area contributed by atoms with Crippen LogP contribution in [0.15, 0.2) is 103 Å². The van der Waals surface area contributed by atoms with Crippen LogP contribution in [0.1, 0.15) is 27.5 Å². The van der Waals surface area contributed by atoms with Crippen molar-refractivity contribution in [2.45, 2.75) is 12.6 Å². The molecule has 1 aliphatic rings. The fourth-order valence-corrected chi connectivity index (χ4v) is 4.91. The summed E-state index contributed by atoms with van der Waals surface area (Å²) in [6.07, 6.45) is 0. The van der Waals surface area contributed by atoms with E-state index in [4.69, 9.17) is 0 Å². The smallest absolute Gasteiger partial charge is 0.299 e. The Labute approximate surface area is 243 Å². The van der Waals surface area contributed by atoms with E-state index in [0.29, 0.717) is 16.9 Å². The van der Waals surface area contributed by atoms with E-state index >= 15 is 0 Å². The first-order valence-corrected chi connectivity index (χ1v) is 13.4. The Morgan fingerprint density at radius 3 is 2.14 bits per heavy atom. The van der Waals surface area contributed by atoms with Crippen molar-refractivity contribution in [2.24, 2.45) is 0 Å². The van der Waals surface area contributed by atoms with Crippen molar-refractivity contribution < 1.29 is 23.6 Å². The molecule has 0 aliphatic carbocycles. The zero-order valence-corrected chi connectivity index (χ0v) is 23.2. The molecule has 1 N–H and O–H groups in total. The highest BCUT2D eigenvalue weighted by Gasteiger charge is 2.39. The number of anilines is 3. The van der Waals surface area contributed by atoms with Gasteiger partial charge in [-0.25, -0.2) is 4.39 Å². The van der Waals surface area contributed by atoms with Crippen molar-refractivity contribution in [3.8, 4) is 0 Å². The summed E-state index contributed by atoms with van der Waals surface area (Å²) in [5.41, 5.74) is 3.13. The van der Waals surface area contributed by atoms with Gasteiger partial charge in [0.15, 0.2) is 0 Å². The second-order valence-electron chi connectivity index (χ2n) is 10.1. The van der Waals surface area contributed by atoms with E-state index in [1.54, 1.807) is 30.3 Å². The number of nitrogens with zero attached hydrogens (tertiary/aromatic N) is 3. The fourth-order valence-electron chi connectivity index (χ4n) is 4.91. The van der Waals surface area contributed by atoms with Gasteiger partial charge in [-0.15, -0.1) is 0 Å². The predicted octanol–water partition coefficient (Wildman–Crippen LogP) is 4.83. The van der Waals surface area contributed by atoms with E-state index in [1.165, 1.54) is 35.2 Å². The van der Waals surface area contributed by atoms with Crippen LogP contribution in [0, 0.1) is 5.82 Å². The summed E-state index contributed by atoms with van der Waals surface area (Å²) < 4.78 is 13.9. The molecule has 1 heterocycles. The lowest BCUT2D eigenvalue weighted by Crippen LogP contribution is -2.46. The molecule has 1 aliphatic heterocycles. The number of fused-ring (bicyclic) bond motifs is 1. The van der Waals surface area contributed by atoms with Gasteiger partial charge in [-0.2, -0.15) is 0 Å². The number of nitrogens with one attached hydrogen (secondary N) is 1. The fraction of sp³-hybridized carbons (Fsp3) is 0.152. The molecule has 4 aromatic carbocycles. The summed E-state index contributed by atoms with van der Waals surface area (Å²) >= 11 is 0. The number of rotatable bonds is 9. The summed E-state index contributed by atoms with van der Waals surface area (Å²) in [7, 11) is 3.81. The number of Topliss-reactive ketones (excluding diaryl/α,β-unsaturated/α-hetero) is 1. The van der Waals surface area contributed by atoms with Crippen LogP contribution in [0.4, 0.5) is 21.5 Å². The lowest BCUT2D eigenvalue weighted by Gasteiger charge is -2.33. The van der Waals surface area contributed by atoms with Gasteiger partial charge in [-0.3, -0.25) is 24.1 Å². The molecular formula is C33H29FN4O4. The van der Waals surface area contributed by atoms with E-state index in [1.807, 2.05) is 61.5 Å². The maximum atomic E-state index is 14.1. The Hall–Kier alpha value is -5.31. The summed E-state index contributed by atoms with van der Waals surface area (Å²) in [6, 6.07) is 27.0. The van der Waals surface area contributed by atoms with Crippen molar-refractivity contribution in [3.63, 3.8) is 0 Å². The number of halogens is 1. The number of ketones is 1. The number of amides is 3. The minimum atomic E-state index is -1.18. The Kier molecular flexibility index (Phi) is 8.10. The molecule has 0 bridgehead atoms. The summed E-state index contributed by atoms with van der Waals surface area (Å²) in [4.78, 5) is 57.9. The summed E-state index contributed by atoms with van der Waals surface area (Å²) in [5.74, 6) is -3.08. The van der Waals surface area contributed by atoms with Crippen molar-refractivity contribution in [1.82, 2.24) is 4.90 Å². The molecule has 9 heteroatoms. The van der Waals surface area contributed by atoms with Gasteiger partial charge in [-0.1, -0.05) is 54.6 Å². The highest BCUT2D eigenvalue weighted by molar-refractivity contribution is 6.52. The van der Waals surface area contributed by atoms with Gasteiger partial charge in [0.25, 0.3) is 17.6 Å². The van der Waals surface area contributed by atoms with Gasteiger partial charge in [-0.05, 0) is 59.7 Å². The molecule has 1 atom stereocenters. The zero-order valence-electron chi connectivity index (χ0n) is 23.2. The number of para-hydroxylation sites is 1. The first kappa shape index (κ1) is 28.2. The highest BCUT2D eigenvalue weighted by Crippen LogP contribution is 2.31. The van der Waals surface area contributed by atoms with Crippen LogP contribution in [0.5, 0.6) is 0 Å². The van der Waals surface area contributed by atoms with Crippen LogP contribution in [0.2, 0.25) is 0 Å². The molecule has 0 radical (unpaired) electrons. The van der Waals surface area contributed by atoms with E-state index in [-0.39, 0.29) is 12.1 Å². The van der Waals surface area contributed by atoms with Gasteiger partial charge in [0, 0.05) is 32.0 Å². The Balaban J connectivity index is 1.52. The van der Waals surface area contributed by atoms with E-state index in [0.717, 1.165) is 16.2 Å². The Morgan fingerprint density at radius 2 is 1.48 bits per heavy atom. The van der Waals surface area contributed by atoms with Crippen molar-refractivity contribution in [3.05, 3.63) is 126 Å². The average Bonchev–Trinajstić information content (AvgIpc) is 3.23. The third kappa shape index (κ3) is 5.90. The van der Waals surface area contributed by atoms with Crippen LogP contribution in [-0.4, -0.2) is 49.0 Å². The van der Waals surface area contributed by atoms with Crippen LogP contribution in [0.3, 0.4) is 0 Å². The van der Waals surface area contributed by atoms with Gasteiger partial charge >= 0.3 is 0 Å². The summed E-state index contributed by atoms with van der Waals surface area (Å²) in [6.45, 7) is -0.441. The van der Waals surface area contributed by atoms with Crippen molar-refractivity contribution in [1.29, 1.82) is 0 Å². The van der Waals surface area contributed by atoms with E-state index in [2.05, 4.69) is 5.32 Å². The topological polar surface area (TPSA) is 90.0 Å². The maximum absolute atomic E-state index is 14.1. The van der Waals surface area contributed by atoms with Crippen molar-refractivity contribution in [2.75, 3.05) is 35.8 Å². The number of hydrogen-bond donors (Lipinski definition) is 1. The standard InChI is InChI=1S/C33H29FN4O4/c1-36(2)26-18-16-25(17-19-26)35-32(41)30(23-12-14-24(34)15-13-23)38(20-22-8-4-3-5-9-22)29(39)21-37-28-11-7-6-10-27(28)31(40)33(37)42/h3-19,30H,20-21H2,1-2H3,(H,35,41). The summed E-state index contributed by atoms with van der Waals surface area (Å²) in [5, 5.41) is 2.89. The molecule has 42 heavy (non-hydrogen) atoms. The van der Waals surface area contributed by atoms with Crippen LogP contribution in [0.25, 0.3) is 0 Å². The first-order valence-electron chi connectivity index (χ1n) is 13.4. The SMILES string of the molecule is CN(C)c1ccc(NC(=O)C(c2ccc(F)cc2)N(Cc2ccccc2)C(=O)CN2C(=O)C(=O)c3ccccc32)cc1. The normalized spacial score (nSPS) is 13.0. The molecule has 5 rings (SSSR count). The lowest BCUT2D eigenvalue weighted by atomic mass is 10.0. The Bertz CT molecular complexity index is 1620. The highest BCUT2D eigenvalue weighted by atomic mass is 19.1. The molecular weight excluding hydrogens is 535 g/mol.